The third-order valence-electron chi connectivity index (χ3n) is 3.50. The van der Waals surface area contributed by atoms with Crippen LogP contribution in [0.1, 0.15) is 0 Å². The van der Waals surface area contributed by atoms with Crippen LogP contribution in [0.15, 0.2) is 35.6 Å². The van der Waals surface area contributed by atoms with E-state index in [1.807, 2.05) is 11.8 Å². The molecule has 1 N–H and O–H groups in total. The average Bonchev–Trinajstić information content (AvgIpc) is 2.63. The summed E-state index contributed by atoms with van der Waals surface area (Å²) < 4.78 is 13.1. The van der Waals surface area contributed by atoms with Crippen LogP contribution in [-0.4, -0.2) is 46.2 Å². The molecule has 1 amide bonds. The Morgan fingerprint density at radius 3 is 2.84 bits per heavy atom. The summed E-state index contributed by atoms with van der Waals surface area (Å²) in [5, 5.41) is 3.59. The Bertz CT molecular complexity index is 759. The van der Waals surface area contributed by atoms with E-state index in [-0.39, 0.29) is 16.7 Å². The SMILES string of the molecule is O=C(CSc1nccnc1N1CCSCC1)Nc1ccc(F)cc1Cl. The van der Waals surface area contributed by atoms with Gasteiger partial charge in [0.2, 0.25) is 5.91 Å². The van der Waals surface area contributed by atoms with Gasteiger partial charge in [-0.15, -0.1) is 0 Å². The lowest BCUT2D eigenvalue weighted by molar-refractivity contribution is -0.113. The van der Waals surface area contributed by atoms with Gasteiger partial charge < -0.3 is 10.2 Å². The molecule has 9 heteroatoms. The molecule has 0 atom stereocenters. The zero-order valence-corrected chi connectivity index (χ0v) is 15.6. The average molecular weight is 399 g/mol. The lowest BCUT2D eigenvalue weighted by Gasteiger charge is -2.28. The van der Waals surface area contributed by atoms with Gasteiger partial charge in [-0.05, 0) is 18.2 Å². The monoisotopic (exact) mass is 398 g/mol. The maximum atomic E-state index is 13.1. The largest absolute Gasteiger partial charge is 0.353 e. The van der Waals surface area contributed by atoms with Crippen molar-refractivity contribution in [3.8, 4) is 0 Å². The molecule has 5 nitrogen and oxygen atoms in total. The van der Waals surface area contributed by atoms with E-state index in [4.69, 9.17) is 11.6 Å². The van der Waals surface area contributed by atoms with Crippen molar-refractivity contribution >= 4 is 52.5 Å². The van der Waals surface area contributed by atoms with Gasteiger partial charge in [-0.25, -0.2) is 14.4 Å². The first-order valence-corrected chi connectivity index (χ1v) is 10.2. The van der Waals surface area contributed by atoms with Crippen LogP contribution in [0, 0.1) is 5.82 Å². The fourth-order valence-corrected chi connectivity index (χ4v) is 4.23. The Labute approximate surface area is 158 Å². The zero-order valence-electron chi connectivity index (χ0n) is 13.2. The number of nitrogens with one attached hydrogen (secondary N) is 1. The number of hydrogen-bond donors (Lipinski definition) is 1. The number of thioether (sulfide) groups is 2. The summed E-state index contributed by atoms with van der Waals surface area (Å²) in [7, 11) is 0. The van der Waals surface area contributed by atoms with E-state index in [0.717, 1.165) is 35.4 Å². The molecular weight excluding hydrogens is 383 g/mol. The number of rotatable bonds is 5. The van der Waals surface area contributed by atoms with Gasteiger partial charge >= 0.3 is 0 Å². The molecule has 2 heterocycles. The van der Waals surface area contributed by atoms with Crippen LogP contribution in [0.2, 0.25) is 5.02 Å². The van der Waals surface area contributed by atoms with Crippen LogP contribution < -0.4 is 10.2 Å². The van der Waals surface area contributed by atoms with E-state index < -0.39 is 5.82 Å². The highest BCUT2D eigenvalue weighted by atomic mass is 35.5. The summed E-state index contributed by atoms with van der Waals surface area (Å²) in [6.07, 6.45) is 3.29. The third kappa shape index (κ3) is 4.99. The topological polar surface area (TPSA) is 58.1 Å². The van der Waals surface area contributed by atoms with Crippen LogP contribution >= 0.6 is 35.1 Å². The van der Waals surface area contributed by atoms with Gasteiger partial charge in [0.15, 0.2) is 5.82 Å². The predicted molar refractivity (Wildman–Crippen MR) is 102 cm³/mol. The van der Waals surface area contributed by atoms with Gasteiger partial charge in [-0.3, -0.25) is 4.79 Å². The summed E-state index contributed by atoms with van der Waals surface area (Å²) >= 11 is 9.17. The Morgan fingerprint density at radius 1 is 1.32 bits per heavy atom. The molecule has 0 aliphatic carbocycles. The van der Waals surface area contributed by atoms with Gasteiger partial charge in [0.1, 0.15) is 10.8 Å². The molecule has 1 aromatic carbocycles. The second-order valence-electron chi connectivity index (χ2n) is 5.25. The molecule has 0 unspecified atom stereocenters. The summed E-state index contributed by atoms with van der Waals surface area (Å²) in [4.78, 5) is 23.1. The third-order valence-corrected chi connectivity index (χ3v) is 5.73. The Morgan fingerprint density at radius 2 is 2.08 bits per heavy atom. The number of carbonyl (C=O) groups is 1. The number of amides is 1. The zero-order chi connectivity index (χ0) is 17.6. The van der Waals surface area contributed by atoms with Crippen molar-refractivity contribution in [2.24, 2.45) is 0 Å². The number of aromatic nitrogens is 2. The standard InChI is InChI=1S/C16H16ClFN4OS2/c17-12-9-11(18)1-2-13(12)21-14(23)10-25-16-15(19-3-4-20-16)22-5-7-24-8-6-22/h1-4,9H,5-8,10H2,(H,21,23). The molecule has 1 aromatic heterocycles. The summed E-state index contributed by atoms with van der Waals surface area (Å²) in [6, 6.07) is 3.86. The van der Waals surface area contributed by atoms with Crippen LogP contribution in [0.3, 0.4) is 0 Å². The van der Waals surface area contributed by atoms with Gasteiger partial charge in [-0.1, -0.05) is 23.4 Å². The molecule has 1 aliphatic heterocycles. The lowest BCUT2D eigenvalue weighted by atomic mass is 10.3. The first-order chi connectivity index (χ1) is 12.1. The molecule has 1 fully saturated rings. The molecule has 0 radical (unpaired) electrons. The van der Waals surface area contributed by atoms with E-state index in [1.54, 1.807) is 12.4 Å². The van der Waals surface area contributed by atoms with Crippen molar-refractivity contribution in [2.45, 2.75) is 5.03 Å². The molecule has 2 aromatic rings. The van der Waals surface area contributed by atoms with E-state index in [0.29, 0.717) is 5.69 Å². The molecule has 25 heavy (non-hydrogen) atoms. The maximum absolute atomic E-state index is 13.1. The highest BCUT2D eigenvalue weighted by molar-refractivity contribution is 8.00. The quantitative estimate of drug-likeness (QED) is 0.777. The minimum Gasteiger partial charge on any atom is -0.353 e. The highest BCUT2D eigenvalue weighted by Crippen LogP contribution is 2.28. The number of carbonyl (C=O) groups excluding carboxylic acids is 1. The number of nitrogens with zero attached hydrogens (tertiary/aromatic N) is 3. The van der Waals surface area contributed by atoms with E-state index in [9.17, 15) is 9.18 Å². The van der Waals surface area contributed by atoms with Crippen molar-refractivity contribution in [3.05, 3.63) is 41.4 Å². The lowest BCUT2D eigenvalue weighted by Crippen LogP contribution is -2.33. The number of benzene rings is 1. The fraction of sp³-hybridized carbons (Fsp3) is 0.312. The molecule has 1 aliphatic rings. The summed E-state index contributed by atoms with van der Waals surface area (Å²) in [5.41, 5.74) is 0.390. The smallest absolute Gasteiger partial charge is 0.234 e. The minimum absolute atomic E-state index is 0.169. The van der Waals surface area contributed by atoms with Gasteiger partial charge in [0, 0.05) is 37.0 Å². The number of anilines is 2. The molecule has 3 rings (SSSR count). The first kappa shape index (κ1) is 18.3. The minimum atomic E-state index is -0.443. The van der Waals surface area contributed by atoms with Gasteiger partial charge in [0.25, 0.3) is 0 Å². The van der Waals surface area contributed by atoms with Crippen LogP contribution in [-0.2, 0) is 4.79 Å². The fourth-order valence-electron chi connectivity index (χ4n) is 2.32. The summed E-state index contributed by atoms with van der Waals surface area (Å²) in [6.45, 7) is 1.85. The second-order valence-corrected chi connectivity index (χ2v) is 7.84. The van der Waals surface area contributed by atoms with Gasteiger partial charge in [0.05, 0.1) is 16.5 Å². The Balaban J connectivity index is 1.62. The van der Waals surface area contributed by atoms with Crippen molar-refractivity contribution in [2.75, 3.05) is 40.6 Å². The maximum Gasteiger partial charge on any atom is 0.234 e. The Kier molecular flexibility index (Phi) is 6.39. The van der Waals surface area contributed by atoms with Crippen molar-refractivity contribution in [1.82, 2.24) is 9.97 Å². The van der Waals surface area contributed by atoms with Crippen LogP contribution in [0.25, 0.3) is 0 Å². The first-order valence-electron chi connectivity index (χ1n) is 7.65. The molecule has 1 saturated heterocycles. The molecule has 132 valence electrons. The predicted octanol–water partition coefficient (Wildman–Crippen LogP) is 3.55. The highest BCUT2D eigenvalue weighted by Gasteiger charge is 2.18. The van der Waals surface area contributed by atoms with E-state index >= 15 is 0 Å². The van der Waals surface area contributed by atoms with E-state index in [2.05, 4.69) is 20.2 Å². The van der Waals surface area contributed by atoms with Crippen molar-refractivity contribution in [3.63, 3.8) is 0 Å². The molecule has 0 bridgehead atoms. The van der Waals surface area contributed by atoms with Crippen LogP contribution in [0.4, 0.5) is 15.9 Å². The Hall–Kier alpha value is -1.51. The molecular formula is C16H16ClFN4OS2. The molecule has 0 spiro atoms. The number of halogens is 2. The second kappa shape index (κ2) is 8.73. The van der Waals surface area contributed by atoms with E-state index in [1.165, 1.54) is 30.0 Å². The van der Waals surface area contributed by atoms with Crippen LogP contribution in [0.5, 0.6) is 0 Å². The number of hydrogen-bond acceptors (Lipinski definition) is 6. The molecule has 0 saturated carbocycles. The van der Waals surface area contributed by atoms with Crippen molar-refractivity contribution in [1.29, 1.82) is 0 Å². The normalized spacial score (nSPS) is 14.4. The van der Waals surface area contributed by atoms with Crippen molar-refractivity contribution < 1.29 is 9.18 Å². The van der Waals surface area contributed by atoms with Gasteiger partial charge in [-0.2, -0.15) is 11.8 Å². The summed E-state index contributed by atoms with van der Waals surface area (Å²) in [5.74, 6) is 2.43.